The Morgan fingerprint density at radius 1 is 1.13 bits per heavy atom. The predicted octanol–water partition coefficient (Wildman–Crippen LogP) is 4.25. The second-order valence-corrected chi connectivity index (χ2v) is 7.36. The Labute approximate surface area is 138 Å². The monoisotopic (exact) mass is 324 g/mol. The first-order valence-electron chi connectivity index (χ1n) is 7.19. The SMILES string of the molecule is CC(C)(Sc1ccnc2ccc(-c3cccnc3)cc12)C(=O)O. The molecule has 0 aliphatic carbocycles. The van der Waals surface area contributed by atoms with E-state index in [9.17, 15) is 9.90 Å². The molecule has 0 radical (unpaired) electrons. The zero-order valence-corrected chi connectivity index (χ0v) is 13.7. The van der Waals surface area contributed by atoms with E-state index in [0.29, 0.717) is 0 Å². The van der Waals surface area contributed by atoms with Crippen LogP contribution >= 0.6 is 11.8 Å². The standard InChI is InChI=1S/C18H16N2O2S/c1-18(2,17(21)22)23-16-7-9-20-15-6-5-12(10-14(15)16)13-4-3-8-19-11-13/h3-11H,1-2H3,(H,21,22). The van der Waals surface area contributed by atoms with Crippen LogP contribution in [0.5, 0.6) is 0 Å². The summed E-state index contributed by atoms with van der Waals surface area (Å²) in [6.45, 7) is 3.41. The lowest BCUT2D eigenvalue weighted by Crippen LogP contribution is -2.26. The Bertz CT molecular complexity index is 863. The molecule has 0 amide bonds. The second kappa shape index (κ2) is 6.01. The average Bonchev–Trinajstić information content (AvgIpc) is 2.55. The van der Waals surface area contributed by atoms with E-state index < -0.39 is 10.7 Å². The van der Waals surface area contributed by atoms with Gasteiger partial charge in [-0.15, -0.1) is 11.8 Å². The quantitative estimate of drug-likeness (QED) is 0.727. The maximum Gasteiger partial charge on any atom is 0.319 e. The highest BCUT2D eigenvalue weighted by Crippen LogP contribution is 2.37. The van der Waals surface area contributed by atoms with Gasteiger partial charge in [-0.25, -0.2) is 0 Å². The largest absolute Gasteiger partial charge is 0.480 e. The number of benzene rings is 1. The molecule has 0 saturated heterocycles. The molecular formula is C18H16N2O2S. The Balaban J connectivity index is 2.10. The van der Waals surface area contributed by atoms with Crippen molar-refractivity contribution < 1.29 is 9.90 Å². The van der Waals surface area contributed by atoms with Crippen molar-refractivity contribution in [2.45, 2.75) is 23.5 Å². The molecule has 116 valence electrons. The molecular weight excluding hydrogens is 308 g/mol. The van der Waals surface area contributed by atoms with Crippen LogP contribution in [0.4, 0.5) is 0 Å². The van der Waals surface area contributed by atoms with Gasteiger partial charge in [0.1, 0.15) is 4.75 Å². The van der Waals surface area contributed by atoms with Crippen LogP contribution in [-0.2, 0) is 4.79 Å². The fraction of sp³-hybridized carbons (Fsp3) is 0.167. The third-order valence-corrected chi connectivity index (χ3v) is 4.84. The van der Waals surface area contributed by atoms with Gasteiger partial charge in [-0.3, -0.25) is 14.8 Å². The van der Waals surface area contributed by atoms with Crippen molar-refractivity contribution in [3.63, 3.8) is 0 Å². The molecule has 0 aliphatic heterocycles. The van der Waals surface area contributed by atoms with E-state index in [1.54, 1.807) is 26.2 Å². The van der Waals surface area contributed by atoms with Crippen molar-refractivity contribution >= 4 is 28.6 Å². The number of carbonyl (C=O) groups is 1. The number of carboxylic acids is 1. The molecule has 0 atom stereocenters. The third-order valence-electron chi connectivity index (χ3n) is 3.58. The van der Waals surface area contributed by atoms with Crippen molar-refractivity contribution in [1.29, 1.82) is 0 Å². The van der Waals surface area contributed by atoms with Crippen LogP contribution in [0, 0.1) is 0 Å². The summed E-state index contributed by atoms with van der Waals surface area (Å²) in [6, 6.07) is 11.8. The van der Waals surface area contributed by atoms with Crippen molar-refractivity contribution in [2.75, 3.05) is 0 Å². The molecule has 4 nitrogen and oxygen atoms in total. The minimum atomic E-state index is -0.904. The van der Waals surface area contributed by atoms with Crippen LogP contribution in [0.3, 0.4) is 0 Å². The molecule has 0 fully saturated rings. The van der Waals surface area contributed by atoms with E-state index in [1.165, 1.54) is 11.8 Å². The third kappa shape index (κ3) is 3.19. The fourth-order valence-corrected chi connectivity index (χ4v) is 3.28. The van der Waals surface area contributed by atoms with Gasteiger partial charge in [0.25, 0.3) is 0 Å². The van der Waals surface area contributed by atoms with E-state index in [0.717, 1.165) is 26.9 Å². The molecule has 1 aromatic carbocycles. The molecule has 0 bridgehead atoms. The summed E-state index contributed by atoms with van der Waals surface area (Å²) in [5.41, 5.74) is 2.91. The van der Waals surface area contributed by atoms with E-state index in [4.69, 9.17) is 0 Å². The highest BCUT2D eigenvalue weighted by atomic mass is 32.2. The minimum absolute atomic E-state index is 0.837. The van der Waals surface area contributed by atoms with Gasteiger partial charge < -0.3 is 5.11 Å². The lowest BCUT2D eigenvalue weighted by molar-refractivity contribution is -0.138. The summed E-state index contributed by atoms with van der Waals surface area (Å²) in [7, 11) is 0. The van der Waals surface area contributed by atoms with E-state index in [1.807, 2.05) is 42.6 Å². The summed E-state index contributed by atoms with van der Waals surface area (Å²) in [5.74, 6) is -0.837. The van der Waals surface area contributed by atoms with Crippen LogP contribution in [0.25, 0.3) is 22.0 Å². The number of aliphatic carboxylic acids is 1. The number of pyridine rings is 2. The van der Waals surface area contributed by atoms with Gasteiger partial charge in [-0.05, 0) is 43.7 Å². The number of fused-ring (bicyclic) bond motifs is 1. The number of carboxylic acid groups (broad SMARTS) is 1. The topological polar surface area (TPSA) is 63.1 Å². The molecule has 0 unspecified atom stereocenters. The molecule has 23 heavy (non-hydrogen) atoms. The summed E-state index contributed by atoms with van der Waals surface area (Å²) < 4.78 is -0.904. The van der Waals surface area contributed by atoms with Crippen molar-refractivity contribution in [3.8, 4) is 11.1 Å². The van der Waals surface area contributed by atoms with Crippen LogP contribution < -0.4 is 0 Å². The number of aromatic nitrogens is 2. The lowest BCUT2D eigenvalue weighted by atomic mass is 10.1. The average molecular weight is 324 g/mol. The van der Waals surface area contributed by atoms with Crippen molar-refractivity contribution in [1.82, 2.24) is 9.97 Å². The predicted molar refractivity (Wildman–Crippen MR) is 92.5 cm³/mol. The molecule has 0 aliphatic rings. The first-order chi connectivity index (χ1) is 11.0. The van der Waals surface area contributed by atoms with Crippen molar-refractivity contribution in [2.24, 2.45) is 0 Å². The number of hydrogen-bond acceptors (Lipinski definition) is 4. The fourth-order valence-electron chi connectivity index (χ4n) is 2.24. The molecule has 2 aromatic heterocycles. The Morgan fingerprint density at radius 3 is 2.65 bits per heavy atom. The van der Waals surface area contributed by atoms with Gasteiger partial charge in [0, 0.05) is 34.4 Å². The number of rotatable bonds is 4. The van der Waals surface area contributed by atoms with Gasteiger partial charge in [-0.2, -0.15) is 0 Å². The highest BCUT2D eigenvalue weighted by molar-refractivity contribution is 8.01. The van der Waals surface area contributed by atoms with E-state index in [2.05, 4.69) is 9.97 Å². The number of nitrogens with zero attached hydrogens (tertiary/aromatic N) is 2. The van der Waals surface area contributed by atoms with Crippen LogP contribution in [0.1, 0.15) is 13.8 Å². The maximum absolute atomic E-state index is 11.4. The minimum Gasteiger partial charge on any atom is -0.480 e. The molecule has 5 heteroatoms. The zero-order valence-electron chi connectivity index (χ0n) is 12.9. The number of thioether (sulfide) groups is 1. The number of hydrogen-bond donors (Lipinski definition) is 1. The Hall–Kier alpha value is -2.40. The zero-order chi connectivity index (χ0) is 16.4. The van der Waals surface area contributed by atoms with Crippen molar-refractivity contribution in [3.05, 3.63) is 55.0 Å². The Kier molecular flexibility index (Phi) is 4.05. The van der Waals surface area contributed by atoms with Crippen LogP contribution in [0.15, 0.2) is 59.9 Å². The summed E-state index contributed by atoms with van der Waals surface area (Å²) in [5, 5.41) is 10.3. The van der Waals surface area contributed by atoms with Gasteiger partial charge in [0.15, 0.2) is 0 Å². The lowest BCUT2D eigenvalue weighted by Gasteiger charge is -2.19. The van der Waals surface area contributed by atoms with Gasteiger partial charge in [0.05, 0.1) is 5.52 Å². The Morgan fingerprint density at radius 2 is 1.96 bits per heavy atom. The van der Waals surface area contributed by atoms with Gasteiger partial charge >= 0.3 is 5.97 Å². The first kappa shape index (κ1) is 15.5. The molecule has 2 heterocycles. The van der Waals surface area contributed by atoms with Crippen LogP contribution in [-0.4, -0.2) is 25.8 Å². The smallest absolute Gasteiger partial charge is 0.319 e. The highest BCUT2D eigenvalue weighted by Gasteiger charge is 2.29. The molecule has 3 rings (SSSR count). The first-order valence-corrected chi connectivity index (χ1v) is 8.00. The molecule has 0 saturated carbocycles. The summed E-state index contributed by atoms with van der Waals surface area (Å²) >= 11 is 1.33. The van der Waals surface area contributed by atoms with Gasteiger partial charge in [0.2, 0.25) is 0 Å². The van der Waals surface area contributed by atoms with E-state index >= 15 is 0 Å². The summed E-state index contributed by atoms with van der Waals surface area (Å²) in [4.78, 5) is 20.8. The van der Waals surface area contributed by atoms with E-state index in [-0.39, 0.29) is 0 Å². The molecule has 1 N–H and O–H groups in total. The van der Waals surface area contributed by atoms with Crippen LogP contribution in [0.2, 0.25) is 0 Å². The summed E-state index contributed by atoms with van der Waals surface area (Å²) in [6.07, 6.45) is 5.26. The maximum atomic E-state index is 11.4. The normalized spacial score (nSPS) is 11.6. The second-order valence-electron chi connectivity index (χ2n) is 5.70. The molecule has 3 aromatic rings. The van der Waals surface area contributed by atoms with Gasteiger partial charge in [-0.1, -0.05) is 12.1 Å². The molecule has 0 spiro atoms.